The van der Waals surface area contributed by atoms with E-state index < -0.39 is 22.4 Å². The second-order valence-corrected chi connectivity index (χ2v) is 6.63. The zero-order valence-corrected chi connectivity index (χ0v) is 15.2. The lowest BCUT2D eigenvalue weighted by Gasteiger charge is -2.21. The van der Waals surface area contributed by atoms with Crippen LogP contribution in [0.15, 0.2) is 59.1 Å². The third-order valence-electron chi connectivity index (χ3n) is 4.72. The average Bonchev–Trinajstić information content (AvgIpc) is 3.28. The molecular weight excluding hydrogens is 378 g/mol. The van der Waals surface area contributed by atoms with Crippen molar-refractivity contribution in [3.63, 3.8) is 0 Å². The molecule has 1 aliphatic rings. The van der Waals surface area contributed by atoms with Crippen molar-refractivity contribution in [1.82, 2.24) is 20.4 Å². The first-order chi connectivity index (χ1) is 13.9. The second kappa shape index (κ2) is 6.82. The van der Waals surface area contributed by atoms with Crippen molar-refractivity contribution in [2.45, 2.75) is 19.0 Å². The molecule has 146 valence electrons. The minimum absolute atomic E-state index is 0.106. The van der Waals surface area contributed by atoms with Gasteiger partial charge in [-0.2, -0.15) is 4.98 Å². The minimum atomic E-state index is -1.35. The second-order valence-electron chi connectivity index (χ2n) is 6.63. The molecular formula is C19H15N5O5. The summed E-state index contributed by atoms with van der Waals surface area (Å²) in [6.07, 6.45) is 0. The Morgan fingerprint density at radius 2 is 1.83 bits per heavy atom. The number of hydrogen-bond acceptors (Lipinski definition) is 7. The number of nitro groups is 1. The summed E-state index contributed by atoms with van der Waals surface area (Å²) in [5.74, 6) is -0.0538. The summed E-state index contributed by atoms with van der Waals surface area (Å²) in [6.45, 7) is 1.35. The van der Waals surface area contributed by atoms with Gasteiger partial charge >= 0.3 is 6.03 Å². The quantitative estimate of drug-likeness (QED) is 0.400. The third-order valence-corrected chi connectivity index (χ3v) is 4.72. The van der Waals surface area contributed by atoms with E-state index in [0.29, 0.717) is 11.4 Å². The van der Waals surface area contributed by atoms with Crippen molar-refractivity contribution in [3.8, 4) is 11.4 Å². The van der Waals surface area contributed by atoms with Crippen LogP contribution in [0.25, 0.3) is 11.4 Å². The van der Waals surface area contributed by atoms with Gasteiger partial charge in [0.2, 0.25) is 11.7 Å². The highest BCUT2D eigenvalue weighted by atomic mass is 16.6. The van der Waals surface area contributed by atoms with Crippen LogP contribution >= 0.6 is 0 Å². The molecule has 1 unspecified atom stereocenters. The Balaban J connectivity index is 1.55. The fraction of sp³-hybridized carbons (Fsp3) is 0.158. The number of non-ortho nitro benzene ring substituents is 1. The van der Waals surface area contributed by atoms with Crippen LogP contribution in [-0.2, 0) is 16.9 Å². The lowest BCUT2D eigenvalue weighted by atomic mass is 9.92. The van der Waals surface area contributed by atoms with Gasteiger partial charge in [0.05, 0.1) is 4.92 Å². The van der Waals surface area contributed by atoms with E-state index in [-0.39, 0.29) is 18.1 Å². The Hall–Kier alpha value is -4.08. The predicted octanol–water partition coefficient (Wildman–Crippen LogP) is 2.61. The number of nitrogens with zero attached hydrogens (tertiary/aromatic N) is 4. The average molecular weight is 393 g/mol. The summed E-state index contributed by atoms with van der Waals surface area (Å²) in [7, 11) is 0. The van der Waals surface area contributed by atoms with Gasteiger partial charge in [-0.1, -0.05) is 35.5 Å². The molecule has 29 heavy (non-hydrogen) atoms. The molecule has 1 fully saturated rings. The summed E-state index contributed by atoms with van der Waals surface area (Å²) in [5.41, 5.74) is -0.283. The van der Waals surface area contributed by atoms with Crippen LogP contribution in [0.3, 0.4) is 0 Å². The van der Waals surface area contributed by atoms with Crippen molar-refractivity contribution in [3.05, 3.63) is 76.2 Å². The number of hydrogen-bond donors (Lipinski definition) is 1. The molecule has 1 aromatic heterocycles. The molecule has 10 nitrogen and oxygen atoms in total. The van der Waals surface area contributed by atoms with Gasteiger partial charge in [0.25, 0.3) is 11.6 Å². The highest BCUT2D eigenvalue weighted by molar-refractivity contribution is 6.07. The molecule has 2 heterocycles. The van der Waals surface area contributed by atoms with Gasteiger partial charge in [0.15, 0.2) is 0 Å². The fourth-order valence-electron chi connectivity index (χ4n) is 3.11. The Morgan fingerprint density at radius 1 is 1.14 bits per heavy atom. The summed E-state index contributed by atoms with van der Waals surface area (Å²) < 4.78 is 5.18. The molecule has 0 bridgehead atoms. The highest BCUT2D eigenvalue weighted by Gasteiger charge is 2.49. The molecule has 2 aromatic carbocycles. The maximum Gasteiger partial charge on any atom is 0.325 e. The maximum atomic E-state index is 13.0. The van der Waals surface area contributed by atoms with Crippen LogP contribution in [0.2, 0.25) is 0 Å². The van der Waals surface area contributed by atoms with Crippen LogP contribution in [0.1, 0.15) is 18.4 Å². The van der Waals surface area contributed by atoms with Crippen LogP contribution in [-0.4, -0.2) is 31.9 Å². The molecule has 3 aromatic rings. The van der Waals surface area contributed by atoms with Crippen molar-refractivity contribution in [1.29, 1.82) is 0 Å². The number of amides is 3. The zero-order chi connectivity index (χ0) is 20.6. The Labute approximate surface area is 164 Å². The normalized spacial score (nSPS) is 18.7. The zero-order valence-electron chi connectivity index (χ0n) is 15.2. The van der Waals surface area contributed by atoms with Gasteiger partial charge in [-0.25, -0.2) is 4.79 Å². The van der Waals surface area contributed by atoms with E-state index in [0.717, 1.165) is 10.5 Å². The van der Waals surface area contributed by atoms with E-state index in [1.807, 2.05) is 30.3 Å². The van der Waals surface area contributed by atoms with Crippen LogP contribution in [0.5, 0.6) is 0 Å². The predicted molar refractivity (Wildman–Crippen MR) is 99.3 cm³/mol. The largest absolute Gasteiger partial charge is 0.337 e. The number of nitrogens with one attached hydrogen (secondary N) is 1. The number of aromatic nitrogens is 2. The van der Waals surface area contributed by atoms with Gasteiger partial charge in [-0.15, -0.1) is 0 Å². The first kappa shape index (κ1) is 18.3. The molecule has 0 saturated carbocycles. The Kier molecular flexibility index (Phi) is 4.30. The molecule has 1 aliphatic heterocycles. The van der Waals surface area contributed by atoms with Gasteiger partial charge in [-0.3, -0.25) is 19.8 Å². The van der Waals surface area contributed by atoms with Crippen LogP contribution < -0.4 is 5.32 Å². The van der Waals surface area contributed by atoms with Gasteiger partial charge in [-0.05, 0) is 24.6 Å². The lowest BCUT2D eigenvalue weighted by molar-refractivity contribution is -0.384. The van der Waals surface area contributed by atoms with E-state index in [4.69, 9.17) is 4.52 Å². The molecule has 1 N–H and O–H groups in total. The Morgan fingerprint density at radius 3 is 2.48 bits per heavy atom. The summed E-state index contributed by atoms with van der Waals surface area (Å²) in [4.78, 5) is 40.9. The van der Waals surface area contributed by atoms with Crippen molar-refractivity contribution in [2.24, 2.45) is 0 Å². The molecule has 1 saturated heterocycles. The van der Waals surface area contributed by atoms with Crippen molar-refractivity contribution < 1.29 is 19.0 Å². The number of imide groups is 1. The SMILES string of the molecule is CC1(c2ccc([N+](=O)[O-])cc2)NC(=O)N(Cc2nc(-c3ccccc3)no2)C1=O. The molecule has 1 atom stereocenters. The van der Waals surface area contributed by atoms with Gasteiger partial charge in [0, 0.05) is 17.7 Å². The van der Waals surface area contributed by atoms with Crippen LogP contribution in [0, 0.1) is 10.1 Å². The third kappa shape index (κ3) is 3.20. The molecule has 10 heteroatoms. The van der Waals surface area contributed by atoms with E-state index >= 15 is 0 Å². The number of rotatable bonds is 5. The molecule has 4 rings (SSSR count). The van der Waals surface area contributed by atoms with Crippen LogP contribution in [0.4, 0.5) is 10.5 Å². The van der Waals surface area contributed by atoms with Crippen molar-refractivity contribution in [2.75, 3.05) is 0 Å². The molecule has 0 spiro atoms. The van der Waals surface area contributed by atoms with E-state index in [1.165, 1.54) is 31.2 Å². The first-order valence-corrected chi connectivity index (χ1v) is 8.65. The van der Waals surface area contributed by atoms with E-state index in [1.54, 1.807) is 0 Å². The smallest absolute Gasteiger partial charge is 0.325 e. The Bertz CT molecular complexity index is 1100. The number of nitro benzene ring substituents is 1. The summed E-state index contributed by atoms with van der Waals surface area (Å²) in [6, 6.07) is 14.0. The van der Waals surface area contributed by atoms with E-state index in [9.17, 15) is 19.7 Å². The van der Waals surface area contributed by atoms with Gasteiger partial charge < -0.3 is 9.84 Å². The number of urea groups is 1. The topological polar surface area (TPSA) is 131 Å². The van der Waals surface area contributed by atoms with E-state index in [2.05, 4.69) is 15.5 Å². The summed E-state index contributed by atoms with van der Waals surface area (Å²) >= 11 is 0. The first-order valence-electron chi connectivity index (χ1n) is 8.65. The molecule has 0 radical (unpaired) electrons. The number of benzene rings is 2. The molecule has 0 aliphatic carbocycles. The van der Waals surface area contributed by atoms with Crippen molar-refractivity contribution >= 4 is 17.6 Å². The summed E-state index contributed by atoms with van der Waals surface area (Å²) in [5, 5.41) is 17.3. The fourth-order valence-corrected chi connectivity index (χ4v) is 3.11. The number of carbonyl (C=O) groups is 2. The maximum absolute atomic E-state index is 13.0. The van der Waals surface area contributed by atoms with Gasteiger partial charge in [0.1, 0.15) is 12.1 Å². The number of carbonyl (C=O) groups excluding carboxylic acids is 2. The molecule has 3 amide bonds. The standard InChI is InChI=1S/C19H15N5O5/c1-19(13-7-9-14(10-8-13)24(27)28)17(25)23(18(26)21-19)11-15-20-16(22-29-15)12-5-3-2-4-6-12/h2-10H,11H2,1H3,(H,21,26). The lowest BCUT2D eigenvalue weighted by Crippen LogP contribution is -2.40. The minimum Gasteiger partial charge on any atom is -0.337 e. The monoisotopic (exact) mass is 393 g/mol. The highest BCUT2D eigenvalue weighted by Crippen LogP contribution is 2.31.